The largest absolute Gasteiger partial charge is 0.481 e. The highest BCUT2D eigenvalue weighted by Gasteiger charge is 2.17. The molecule has 0 saturated heterocycles. The lowest BCUT2D eigenvalue weighted by atomic mass is 10.0. The molecule has 2 nitrogen and oxygen atoms in total. The van der Waals surface area contributed by atoms with Crippen molar-refractivity contribution >= 4 is 23.1 Å². The molecule has 13 heavy (non-hydrogen) atoms. The fourth-order valence-electron chi connectivity index (χ4n) is 0.965. The Hall–Kier alpha value is -1.22. The van der Waals surface area contributed by atoms with Crippen molar-refractivity contribution in [2.45, 2.75) is 6.92 Å². The van der Waals surface area contributed by atoms with E-state index in [2.05, 4.69) is 0 Å². The third kappa shape index (κ3) is 2.36. The van der Waals surface area contributed by atoms with Crippen molar-refractivity contribution in [3.05, 3.63) is 35.9 Å². The van der Waals surface area contributed by atoms with E-state index in [1.165, 1.54) is 0 Å². The third-order valence-electron chi connectivity index (χ3n) is 1.82. The maximum atomic E-state index is 10.6. The molecule has 1 unspecified atom stereocenters. The minimum Gasteiger partial charge on any atom is -0.481 e. The molecule has 1 aromatic carbocycles. The zero-order valence-corrected chi connectivity index (χ0v) is 8.04. The van der Waals surface area contributed by atoms with Gasteiger partial charge in [0, 0.05) is 4.86 Å². The van der Waals surface area contributed by atoms with Crippen LogP contribution in [-0.4, -0.2) is 15.9 Å². The van der Waals surface area contributed by atoms with Gasteiger partial charge in [0.2, 0.25) is 0 Å². The average molecular weight is 194 g/mol. The van der Waals surface area contributed by atoms with Crippen LogP contribution in [0.25, 0.3) is 0 Å². The van der Waals surface area contributed by atoms with Crippen LogP contribution in [0.5, 0.6) is 0 Å². The molecule has 1 rings (SSSR count). The number of aliphatic carboxylic acids is 1. The molecule has 68 valence electrons. The summed E-state index contributed by atoms with van der Waals surface area (Å²) in [5.74, 6) is -1.48. The molecule has 0 aromatic heterocycles. The lowest BCUT2D eigenvalue weighted by molar-refractivity contribution is -0.138. The fraction of sp³-hybridized carbons (Fsp3) is 0.200. The van der Waals surface area contributed by atoms with Crippen molar-refractivity contribution < 1.29 is 9.90 Å². The number of hydrogen-bond acceptors (Lipinski definition) is 2. The number of carboxylic acid groups (broad SMARTS) is 1. The van der Waals surface area contributed by atoms with E-state index in [9.17, 15) is 4.79 Å². The van der Waals surface area contributed by atoms with Gasteiger partial charge in [-0.25, -0.2) is 0 Å². The standard InChI is InChI=1S/C10H10O2S/c1-7(10(11)12)9(13)8-5-3-2-4-6-8/h2-7H,1H3,(H,11,12). The van der Waals surface area contributed by atoms with Crippen LogP contribution in [0, 0.1) is 5.92 Å². The summed E-state index contributed by atoms with van der Waals surface area (Å²) in [6, 6.07) is 9.20. The lowest BCUT2D eigenvalue weighted by Crippen LogP contribution is -2.19. The van der Waals surface area contributed by atoms with Crippen molar-refractivity contribution in [3.8, 4) is 0 Å². The maximum Gasteiger partial charge on any atom is 0.311 e. The minimum absolute atomic E-state index is 0.480. The fourth-order valence-corrected chi connectivity index (χ4v) is 1.20. The predicted molar refractivity (Wildman–Crippen MR) is 54.9 cm³/mol. The van der Waals surface area contributed by atoms with Gasteiger partial charge in [-0.15, -0.1) is 0 Å². The van der Waals surface area contributed by atoms with Crippen molar-refractivity contribution in [2.24, 2.45) is 5.92 Å². The first kappa shape index (κ1) is 9.86. The smallest absolute Gasteiger partial charge is 0.311 e. The molecular formula is C10H10O2S. The number of carbonyl (C=O) groups is 1. The Kier molecular flexibility index (Phi) is 3.14. The predicted octanol–water partition coefficient (Wildman–Crippen LogP) is 2.13. The first-order valence-corrected chi connectivity index (χ1v) is 4.36. The van der Waals surface area contributed by atoms with Crippen LogP contribution in [-0.2, 0) is 4.79 Å². The minimum atomic E-state index is -0.881. The summed E-state index contributed by atoms with van der Waals surface area (Å²) in [5, 5.41) is 8.73. The second-order valence-corrected chi connectivity index (χ2v) is 3.23. The van der Waals surface area contributed by atoms with Gasteiger partial charge in [0.15, 0.2) is 0 Å². The van der Waals surface area contributed by atoms with Gasteiger partial charge in [0.25, 0.3) is 0 Å². The normalized spacial score (nSPS) is 12.1. The van der Waals surface area contributed by atoms with Gasteiger partial charge in [-0.05, 0) is 12.5 Å². The Bertz CT molecular complexity index is 319. The summed E-state index contributed by atoms with van der Waals surface area (Å²) in [4.78, 5) is 11.1. The maximum absolute atomic E-state index is 10.6. The van der Waals surface area contributed by atoms with Crippen LogP contribution in [0.3, 0.4) is 0 Å². The summed E-state index contributed by atoms with van der Waals surface area (Å²) in [7, 11) is 0. The van der Waals surface area contributed by atoms with E-state index in [0.717, 1.165) is 5.56 Å². The molecular weight excluding hydrogens is 184 g/mol. The average Bonchev–Trinajstić information content (AvgIpc) is 2.17. The van der Waals surface area contributed by atoms with Crippen molar-refractivity contribution in [2.75, 3.05) is 0 Å². The molecule has 1 atom stereocenters. The molecule has 0 amide bonds. The lowest BCUT2D eigenvalue weighted by Gasteiger charge is -2.07. The van der Waals surface area contributed by atoms with Crippen LogP contribution in [0.15, 0.2) is 30.3 Å². The molecule has 0 saturated carbocycles. The molecule has 1 aromatic rings. The second-order valence-electron chi connectivity index (χ2n) is 2.79. The van der Waals surface area contributed by atoms with Crippen molar-refractivity contribution in [1.82, 2.24) is 0 Å². The molecule has 0 aliphatic carbocycles. The Morgan fingerprint density at radius 3 is 2.38 bits per heavy atom. The topological polar surface area (TPSA) is 37.3 Å². The van der Waals surface area contributed by atoms with Gasteiger partial charge in [-0.3, -0.25) is 4.79 Å². The SMILES string of the molecule is CC(C(=O)O)C(=S)c1ccccc1. The highest BCUT2D eigenvalue weighted by molar-refractivity contribution is 7.81. The quantitative estimate of drug-likeness (QED) is 0.591. The van der Waals surface area contributed by atoms with E-state index in [0.29, 0.717) is 4.86 Å². The van der Waals surface area contributed by atoms with Crippen LogP contribution in [0.4, 0.5) is 0 Å². The monoisotopic (exact) mass is 194 g/mol. The first-order valence-electron chi connectivity index (χ1n) is 3.95. The van der Waals surface area contributed by atoms with Crippen molar-refractivity contribution in [1.29, 1.82) is 0 Å². The number of hydrogen-bond donors (Lipinski definition) is 1. The van der Waals surface area contributed by atoms with E-state index in [1.54, 1.807) is 6.92 Å². The number of carboxylic acids is 1. The molecule has 0 heterocycles. The Balaban J connectivity index is 2.86. The zero-order chi connectivity index (χ0) is 9.84. The molecule has 0 bridgehead atoms. The summed E-state index contributed by atoms with van der Waals surface area (Å²) >= 11 is 5.04. The summed E-state index contributed by atoms with van der Waals surface area (Å²) in [6.07, 6.45) is 0. The Morgan fingerprint density at radius 2 is 1.92 bits per heavy atom. The van der Waals surface area contributed by atoms with E-state index >= 15 is 0 Å². The number of thiocarbonyl (C=S) groups is 1. The van der Waals surface area contributed by atoms with Crippen LogP contribution < -0.4 is 0 Å². The molecule has 0 fully saturated rings. The highest BCUT2D eigenvalue weighted by atomic mass is 32.1. The van der Waals surface area contributed by atoms with E-state index < -0.39 is 11.9 Å². The Labute approximate surface area is 82.2 Å². The van der Waals surface area contributed by atoms with E-state index in [1.807, 2.05) is 30.3 Å². The van der Waals surface area contributed by atoms with E-state index in [4.69, 9.17) is 17.3 Å². The van der Waals surface area contributed by atoms with Gasteiger partial charge in [0.1, 0.15) is 0 Å². The van der Waals surface area contributed by atoms with Gasteiger partial charge < -0.3 is 5.11 Å². The number of rotatable bonds is 3. The van der Waals surface area contributed by atoms with Crippen LogP contribution in [0.2, 0.25) is 0 Å². The van der Waals surface area contributed by atoms with Gasteiger partial charge >= 0.3 is 5.97 Å². The third-order valence-corrected chi connectivity index (χ3v) is 2.41. The van der Waals surface area contributed by atoms with Gasteiger partial charge in [-0.1, -0.05) is 42.5 Å². The molecule has 0 spiro atoms. The van der Waals surface area contributed by atoms with E-state index in [-0.39, 0.29) is 0 Å². The molecule has 0 radical (unpaired) electrons. The summed E-state index contributed by atoms with van der Waals surface area (Å²) in [5.41, 5.74) is 0.812. The van der Waals surface area contributed by atoms with Gasteiger partial charge in [-0.2, -0.15) is 0 Å². The van der Waals surface area contributed by atoms with Gasteiger partial charge in [0.05, 0.1) is 5.92 Å². The number of benzene rings is 1. The summed E-state index contributed by atoms with van der Waals surface area (Å²) < 4.78 is 0. The van der Waals surface area contributed by atoms with Crippen LogP contribution in [0.1, 0.15) is 12.5 Å². The highest BCUT2D eigenvalue weighted by Crippen LogP contribution is 2.09. The molecule has 0 aliphatic rings. The second kappa shape index (κ2) is 4.14. The zero-order valence-electron chi connectivity index (χ0n) is 7.23. The molecule has 1 N–H and O–H groups in total. The van der Waals surface area contributed by atoms with Crippen LogP contribution >= 0.6 is 12.2 Å². The summed E-state index contributed by atoms with van der Waals surface area (Å²) in [6.45, 7) is 1.59. The Morgan fingerprint density at radius 1 is 1.38 bits per heavy atom. The first-order chi connectivity index (χ1) is 6.13. The van der Waals surface area contributed by atoms with Crippen molar-refractivity contribution in [3.63, 3.8) is 0 Å². The molecule has 0 aliphatic heterocycles. The molecule has 3 heteroatoms.